The van der Waals surface area contributed by atoms with Gasteiger partial charge in [0.25, 0.3) is 0 Å². The Morgan fingerprint density at radius 1 is 1.20 bits per heavy atom. The normalized spacial score (nSPS) is 11.7. The highest BCUT2D eigenvalue weighted by Crippen LogP contribution is 2.19. The maximum absolute atomic E-state index is 12.1. The molecule has 1 aromatic carbocycles. The van der Waals surface area contributed by atoms with Crippen molar-refractivity contribution in [2.75, 3.05) is 24.3 Å². The lowest BCUT2D eigenvalue weighted by atomic mass is 10.2. The number of aryl methyl sites for hydroxylation is 1. The van der Waals surface area contributed by atoms with Gasteiger partial charge in [-0.3, -0.25) is 0 Å². The zero-order chi connectivity index (χ0) is 15.0. The Bertz CT molecular complexity index is 516. The maximum atomic E-state index is 12.1. The third-order valence-corrected chi connectivity index (χ3v) is 5.25. The summed E-state index contributed by atoms with van der Waals surface area (Å²) in [6, 6.07) is 5.00. The predicted molar refractivity (Wildman–Crippen MR) is 87.6 cm³/mol. The van der Waals surface area contributed by atoms with Crippen LogP contribution in [-0.4, -0.2) is 27.0 Å². The Balaban J connectivity index is 2.42. The summed E-state index contributed by atoms with van der Waals surface area (Å²) in [4.78, 5) is 0.172. The number of hydrogen-bond donors (Lipinski definition) is 2. The Morgan fingerprint density at radius 3 is 2.55 bits per heavy atom. The Morgan fingerprint density at radius 2 is 1.90 bits per heavy atom. The molecule has 0 spiro atoms. The van der Waals surface area contributed by atoms with Crippen LogP contribution in [0.3, 0.4) is 0 Å². The number of nitrogen functional groups attached to an aromatic ring is 1. The van der Waals surface area contributed by atoms with Crippen molar-refractivity contribution >= 4 is 27.5 Å². The minimum Gasteiger partial charge on any atom is -0.398 e. The lowest BCUT2D eigenvalue weighted by Crippen LogP contribution is -2.25. The molecular formula is C14H24N2O2S2. The molecule has 0 radical (unpaired) electrons. The van der Waals surface area contributed by atoms with Crippen LogP contribution in [0.4, 0.5) is 5.69 Å². The van der Waals surface area contributed by atoms with Gasteiger partial charge in [-0.25, -0.2) is 13.1 Å². The fourth-order valence-corrected chi connectivity index (χ4v) is 3.60. The molecule has 0 aromatic heterocycles. The first-order valence-electron chi connectivity index (χ1n) is 6.82. The summed E-state index contributed by atoms with van der Waals surface area (Å²) in [7, 11) is -3.48. The molecular weight excluding hydrogens is 292 g/mol. The first kappa shape index (κ1) is 17.3. The first-order chi connectivity index (χ1) is 9.47. The molecule has 0 fully saturated rings. The molecule has 0 aliphatic heterocycles. The second kappa shape index (κ2) is 8.54. The van der Waals surface area contributed by atoms with Crippen LogP contribution in [0.15, 0.2) is 23.1 Å². The summed E-state index contributed by atoms with van der Waals surface area (Å²) in [5.41, 5.74) is 7.03. The van der Waals surface area contributed by atoms with E-state index in [9.17, 15) is 8.42 Å². The molecule has 3 N–H and O–H groups in total. The number of nitrogens with one attached hydrogen (secondary N) is 1. The predicted octanol–water partition coefficient (Wildman–Crippen LogP) is 2.78. The lowest BCUT2D eigenvalue weighted by molar-refractivity contribution is 0.574. The van der Waals surface area contributed by atoms with Gasteiger partial charge in [-0.05, 0) is 49.5 Å². The second-order valence-electron chi connectivity index (χ2n) is 4.85. The largest absolute Gasteiger partial charge is 0.398 e. The van der Waals surface area contributed by atoms with E-state index in [-0.39, 0.29) is 4.90 Å². The fraction of sp³-hybridized carbons (Fsp3) is 0.571. The van der Waals surface area contributed by atoms with E-state index in [4.69, 9.17) is 5.73 Å². The average Bonchev–Trinajstić information content (AvgIpc) is 2.37. The standard InChI is InChI=1S/C14H24N2O2S2/c1-12-7-8-14(13(15)11-12)20(17,18)16-9-5-3-4-6-10-19-2/h7-8,11,16H,3-6,9-10,15H2,1-2H3. The molecule has 0 aliphatic carbocycles. The quantitative estimate of drug-likeness (QED) is 0.543. The van der Waals surface area contributed by atoms with Gasteiger partial charge >= 0.3 is 0 Å². The Hall–Kier alpha value is -0.720. The van der Waals surface area contributed by atoms with E-state index in [2.05, 4.69) is 11.0 Å². The Labute approximate surface area is 126 Å². The first-order valence-corrected chi connectivity index (χ1v) is 9.70. The smallest absolute Gasteiger partial charge is 0.242 e. The van der Waals surface area contributed by atoms with Gasteiger partial charge in [0.05, 0.1) is 5.69 Å². The number of sulfonamides is 1. The van der Waals surface area contributed by atoms with Crippen molar-refractivity contribution in [3.05, 3.63) is 23.8 Å². The van der Waals surface area contributed by atoms with Crippen LogP contribution in [0, 0.1) is 6.92 Å². The highest BCUT2D eigenvalue weighted by atomic mass is 32.2. The number of benzene rings is 1. The second-order valence-corrected chi connectivity index (χ2v) is 7.57. The van der Waals surface area contributed by atoms with E-state index in [1.165, 1.54) is 12.2 Å². The van der Waals surface area contributed by atoms with Crippen molar-refractivity contribution in [3.63, 3.8) is 0 Å². The van der Waals surface area contributed by atoms with Crippen molar-refractivity contribution in [2.45, 2.75) is 37.5 Å². The van der Waals surface area contributed by atoms with Gasteiger partial charge in [0.15, 0.2) is 0 Å². The summed E-state index contributed by atoms with van der Waals surface area (Å²) >= 11 is 1.84. The molecule has 0 atom stereocenters. The monoisotopic (exact) mass is 316 g/mol. The van der Waals surface area contributed by atoms with Gasteiger partial charge in [0.2, 0.25) is 10.0 Å². The number of anilines is 1. The van der Waals surface area contributed by atoms with E-state index in [1.807, 2.05) is 18.7 Å². The van der Waals surface area contributed by atoms with Gasteiger partial charge in [0.1, 0.15) is 4.90 Å². The highest BCUT2D eigenvalue weighted by Gasteiger charge is 2.16. The summed E-state index contributed by atoms with van der Waals surface area (Å²) in [5.74, 6) is 1.17. The molecule has 0 amide bonds. The highest BCUT2D eigenvalue weighted by molar-refractivity contribution is 7.98. The molecule has 0 heterocycles. The van der Waals surface area contributed by atoms with Crippen LogP contribution in [0.2, 0.25) is 0 Å². The van der Waals surface area contributed by atoms with Gasteiger partial charge in [0, 0.05) is 6.54 Å². The number of thioether (sulfide) groups is 1. The van der Waals surface area contributed by atoms with E-state index in [0.29, 0.717) is 12.2 Å². The molecule has 6 heteroatoms. The third-order valence-electron chi connectivity index (χ3n) is 3.02. The van der Waals surface area contributed by atoms with Crippen molar-refractivity contribution in [2.24, 2.45) is 0 Å². The van der Waals surface area contributed by atoms with Gasteiger partial charge in [-0.1, -0.05) is 18.9 Å². The zero-order valence-corrected chi connectivity index (χ0v) is 13.8. The maximum Gasteiger partial charge on any atom is 0.242 e. The van der Waals surface area contributed by atoms with E-state index >= 15 is 0 Å². The molecule has 4 nitrogen and oxygen atoms in total. The molecule has 0 aliphatic rings. The van der Waals surface area contributed by atoms with Crippen LogP contribution in [0.5, 0.6) is 0 Å². The van der Waals surface area contributed by atoms with E-state index in [0.717, 1.165) is 24.8 Å². The summed E-state index contributed by atoms with van der Waals surface area (Å²) < 4.78 is 26.8. The number of hydrogen-bond acceptors (Lipinski definition) is 4. The van der Waals surface area contributed by atoms with Crippen LogP contribution < -0.4 is 10.5 Å². The van der Waals surface area contributed by atoms with Crippen LogP contribution in [0.1, 0.15) is 31.2 Å². The van der Waals surface area contributed by atoms with E-state index in [1.54, 1.807) is 18.2 Å². The molecule has 0 saturated carbocycles. The molecule has 20 heavy (non-hydrogen) atoms. The molecule has 114 valence electrons. The molecule has 0 saturated heterocycles. The van der Waals surface area contributed by atoms with Gasteiger partial charge < -0.3 is 5.73 Å². The summed E-state index contributed by atoms with van der Waals surface area (Å²) in [6.45, 7) is 2.35. The number of rotatable bonds is 9. The summed E-state index contributed by atoms with van der Waals surface area (Å²) in [6.07, 6.45) is 6.35. The minimum atomic E-state index is -3.48. The number of unbranched alkanes of at least 4 members (excludes halogenated alkanes) is 3. The third kappa shape index (κ3) is 5.73. The van der Waals surface area contributed by atoms with E-state index < -0.39 is 10.0 Å². The SMILES string of the molecule is CSCCCCCCNS(=O)(=O)c1ccc(C)cc1N. The van der Waals surface area contributed by atoms with Crippen LogP contribution in [0.25, 0.3) is 0 Å². The van der Waals surface area contributed by atoms with Crippen molar-refractivity contribution in [1.29, 1.82) is 0 Å². The number of nitrogens with two attached hydrogens (primary N) is 1. The average molecular weight is 316 g/mol. The van der Waals surface area contributed by atoms with Crippen molar-refractivity contribution in [1.82, 2.24) is 4.72 Å². The molecule has 0 unspecified atom stereocenters. The van der Waals surface area contributed by atoms with Crippen LogP contribution in [-0.2, 0) is 10.0 Å². The molecule has 0 bridgehead atoms. The summed E-state index contributed by atoms with van der Waals surface area (Å²) in [5, 5.41) is 0. The van der Waals surface area contributed by atoms with Crippen LogP contribution >= 0.6 is 11.8 Å². The van der Waals surface area contributed by atoms with Crippen molar-refractivity contribution in [3.8, 4) is 0 Å². The van der Waals surface area contributed by atoms with Crippen molar-refractivity contribution < 1.29 is 8.42 Å². The van der Waals surface area contributed by atoms with Gasteiger partial charge in [-0.2, -0.15) is 11.8 Å². The Kier molecular flexibility index (Phi) is 7.40. The van der Waals surface area contributed by atoms with Gasteiger partial charge in [-0.15, -0.1) is 0 Å². The topological polar surface area (TPSA) is 72.2 Å². The molecule has 1 aromatic rings. The molecule has 1 rings (SSSR count). The zero-order valence-electron chi connectivity index (χ0n) is 12.2. The minimum absolute atomic E-state index is 0.172. The lowest BCUT2D eigenvalue weighted by Gasteiger charge is -2.09. The fourth-order valence-electron chi connectivity index (χ4n) is 1.92.